The number of carbonyl (C=O) groups is 1. The van der Waals surface area contributed by atoms with Crippen LogP contribution in [0.3, 0.4) is 0 Å². The molecule has 1 fully saturated rings. The Morgan fingerprint density at radius 2 is 1.73 bits per heavy atom. The Kier molecular flexibility index (Phi) is 5.72. The first-order valence-electron chi connectivity index (χ1n) is 9.88. The zero-order chi connectivity index (χ0) is 21.1. The van der Waals surface area contributed by atoms with E-state index in [-0.39, 0.29) is 23.2 Å². The molecular formula is C21H24N2O6S. The Morgan fingerprint density at radius 3 is 2.47 bits per heavy atom. The summed E-state index contributed by atoms with van der Waals surface area (Å²) in [6.07, 6.45) is 4.07. The van der Waals surface area contributed by atoms with Crippen molar-refractivity contribution >= 4 is 21.6 Å². The highest BCUT2D eigenvalue weighted by molar-refractivity contribution is 7.92. The van der Waals surface area contributed by atoms with E-state index in [2.05, 4.69) is 4.72 Å². The molecule has 1 amide bonds. The summed E-state index contributed by atoms with van der Waals surface area (Å²) >= 11 is 0. The number of nitrogens with zero attached hydrogens (tertiary/aromatic N) is 1. The van der Waals surface area contributed by atoms with Gasteiger partial charge in [-0.25, -0.2) is 8.42 Å². The van der Waals surface area contributed by atoms with E-state index < -0.39 is 10.0 Å². The van der Waals surface area contributed by atoms with Gasteiger partial charge in [0.25, 0.3) is 15.9 Å². The molecule has 0 aliphatic carbocycles. The molecule has 2 heterocycles. The first-order chi connectivity index (χ1) is 14.5. The third kappa shape index (κ3) is 4.16. The van der Waals surface area contributed by atoms with E-state index in [9.17, 15) is 13.2 Å². The number of rotatable bonds is 5. The number of sulfonamides is 1. The van der Waals surface area contributed by atoms with Crippen molar-refractivity contribution in [2.45, 2.75) is 30.6 Å². The van der Waals surface area contributed by atoms with E-state index in [0.29, 0.717) is 36.0 Å². The molecule has 4 rings (SSSR count). The Labute approximate surface area is 175 Å². The molecule has 1 N–H and O–H groups in total. The average Bonchev–Trinajstić information content (AvgIpc) is 3.04. The number of benzene rings is 2. The number of nitrogens with one attached hydrogen (secondary N) is 1. The van der Waals surface area contributed by atoms with E-state index in [1.807, 2.05) is 0 Å². The van der Waals surface area contributed by atoms with Gasteiger partial charge in [-0.15, -0.1) is 0 Å². The zero-order valence-electron chi connectivity index (χ0n) is 16.7. The molecule has 0 unspecified atom stereocenters. The lowest BCUT2D eigenvalue weighted by atomic mass is 10.1. The van der Waals surface area contributed by atoms with Crippen LogP contribution in [0.4, 0.5) is 5.69 Å². The van der Waals surface area contributed by atoms with Crippen LogP contribution in [-0.4, -0.2) is 46.2 Å². The summed E-state index contributed by atoms with van der Waals surface area (Å²) in [5, 5.41) is 0. The predicted octanol–water partition coefficient (Wildman–Crippen LogP) is 3.24. The lowest BCUT2D eigenvalue weighted by molar-refractivity contribution is 0.0758. The maximum absolute atomic E-state index is 13.1. The molecule has 0 aromatic heterocycles. The number of ether oxygens (including phenoxy) is 3. The molecule has 30 heavy (non-hydrogen) atoms. The molecule has 0 spiro atoms. The Morgan fingerprint density at radius 1 is 1.00 bits per heavy atom. The van der Waals surface area contributed by atoms with Crippen LogP contribution in [0, 0.1) is 0 Å². The lowest BCUT2D eigenvalue weighted by Gasteiger charge is -2.22. The van der Waals surface area contributed by atoms with Gasteiger partial charge in [0.1, 0.15) is 5.75 Å². The predicted molar refractivity (Wildman–Crippen MR) is 111 cm³/mol. The topological polar surface area (TPSA) is 94.2 Å². The number of hydrogen-bond donors (Lipinski definition) is 1. The Hall–Kier alpha value is -2.94. The fraction of sp³-hybridized carbons (Fsp3) is 0.381. The Balaban J connectivity index is 1.61. The van der Waals surface area contributed by atoms with Gasteiger partial charge < -0.3 is 19.1 Å². The second-order valence-corrected chi connectivity index (χ2v) is 8.92. The van der Waals surface area contributed by atoms with Crippen LogP contribution in [0.1, 0.15) is 36.0 Å². The molecule has 2 aromatic rings. The number of hydrogen-bond acceptors (Lipinski definition) is 6. The average molecular weight is 432 g/mol. The molecule has 2 aliphatic rings. The van der Waals surface area contributed by atoms with Crippen LogP contribution in [0.5, 0.6) is 17.2 Å². The molecule has 0 atom stereocenters. The van der Waals surface area contributed by atoms with Gasteiger partial charge >= 0.3 is 0 Å². The minimum Gasteiger partial charge on any atom is -0.496 e. The summed E-state index contributed by atoms with van der Waals surface area (Å²) < 4.78 is 44.3. The molecule has 160 valence electrons. The number of likely N-dealkylation sites (tertiary alicyclic amines) is 1. The number of fused-ring (bicyclic) bond motifs is 1. The first kappa shape index (κ1) is 20.3. The summed E-state index contributed by atoms with van der Waals surface area (Å²) in [6, 6.07) is 9.11. The molecule has 9 heteroatoms. The second kappa shape index (κ2) is 8.43. The zero-order valence-corrected chi connectivity index (χ0v) is 17.5. The van der Waals surface area contributed by atoms with Gasteiger partial charge in [0.15, 0.2) is 11.5 Å². The third-order valence-corrected chi connectivity index (χ3v) is 6.61. The van der Waals surface area contributed by atoms with Gasteiger partial charge in [0.05, 0.1) is 23.3 Å². The highest BCUT2D eigenvalue weighted by Gasteiger charge is 2.24. The van der Waals surface area contributed by atoms with E-state index in [1.54, 1.807) is 23.1 Å². The van der Waals surface area contributed by atoms with Gasteiger partial charge in [-0.2, -0.15) is 0 Å². The van der Waals surface area contributed by atoms with Crippen LogP contribution in [0.2, 0.25) is 0 Å². The van der Waals surface area contributed by atoms with Gasteiger partial charge in [-0.1, -0.05) is 12.8 Å². The minimum atomic E-state index is -3.92. The van der Waals surface area contributed by atoms with E-state index in [1.165, 1.54) is 25.3 Å². The monoisotopic (exact) mass is 432 g/mol. The molecule has 2 aliphatic heterocycles. The quantitative estimate of drug-likeness (QED) is 0.780. The minimum absolute atomic E-state index is 0.0147. The maximum atomic E-state index is 13.1. The van der Waals surface area contributed by atoms with E-state index in [0.717, 1.165) is 25.7 Å². The van der Waals surface area contributed by atoms with Crippen molar-refractivity contribution in [1.82, 2.24) is 4.90 Å². The smallest absolute Gasteiger partial charge is 0.261 e. The summed E-state index contributed by atoms with van der Waals surface area (Å²) in [5.74, 6) is 1.18. The molecule has 1 saturated heterocycles. The van der Waals surface area contributed by atoms with Gasteiger partial charge in [0, 0.05) is 19.2 Å². The van der Waals surface area contributed by atoms with Crippen LogP contribution in [-0.2, 0) is 10.0 Å². The molecule has 0 radical (unpaired) electrons. The van der Waals surface area contributed by atoms with Crippen LogP contribution in [0.25, 0.3) is 0 Å². The lowest BCUT2D eigenvalue weighted by Crippen LogP contribution is -2.32. The summed E-state index contributed by atoms with van der Waals surface area (Å²) in [4.78, 5) is 14.9. The molecule has 0 saturated carbocycles. The van der Waals surface area contributed by atoms with Crippen molar-refractivity contribution in [3.8, 4) is 17.2 Å². The van der Waals surface area contributed by atoms with Crippen molar-refractivity contribution < 1.29 is 27.4 Å². The normalized spacial score (nSPS) is 16.1. The van der Waals surface area contributed by atoms with Crippen LogP contribution < -0.4 is 18.9 Å². The van der Waals surface area contributed by atoms with Crippen molar-refractivity contribution in [2.75, 3.05) is 31.7 Å². The van der Waals surface area contributed by atoms with Crippen LogP contribution >= 0.6 is 0 Å². The molecule has 8 nitrogen and oxygen atoms in total. The van der Waals surface area contributed by atoms with E-state index in [4.69, 9.17) is 14.2 Å². The van der Waals surface area contributed by atoms with Gasteiger partial charge in [0.2, 0.25) is 6.79 Å². The SMILES string of the molecule is COc1ccc(S(=O)(=O)Nc2ccc3c(c2)OCO3)cc1C(=O)N1CCCCCC1. The number of amides is 1. The van der Waals surface area contributed by atoms with Gasteiger partial charge in [-0.05, 0) is 43.2 Å². The fourth-order valence-electron chi connectivity index (χ4n) is 3.64. The number of methoxy groups -OCH3 is 1. The van der Waals surface area contributed by atoms with Crippen molar-refractivity contribution in [3.63, 3.8) is 0 Å². The number of carbonyl (C=O) groups excluding carboxylic acids is 1. The highest BCUT2D eigenvalue weighted by atomic mass is 32.2. The van der Waals surface area contributed by atoms with Crippen molar-refractivity contribution in [1.29, 1.82) is 0 Å². The van der Waals surface area contributed by atoms with Crippen molar-refractivity contribution in [2.24, 2.45) is 0 Å². The molecule has 2 aromatic carbocycles. The van der Waals surface area contributed by atoms with E-state index >= 15 is 0 Å². The fourth-order valence-corrected chi connectivity index (χ4v) is 4.71. The van der Waals surface area contributed by atoms with Crippen molar-refractivity contribution in [3.05, 3.63) is 42.0 Å². The van der Waals surface area contributed by atoms with Crippen LogP contribution in [0.15, 0.2) is 41.3 Å². The summed E-state index contributed by atoms with van der Waals surface area (Å²) in [5.41, 5.74) is 0.587. The summed E-state index contributed by atoms with van der Waals surface area (Å²) in [7, 11) is -2.46. The standard InChI is InChI=1S/C21H24N2O6S/c1-27-18-9-7-16(13-17(18)21(24)23-10-4-2-3-5-11-23)30(25,26)22-15-6-8-19-20(12-15)29-14-28-19/h6-9,12-13,22H,2-5,10-11,14H2,1H3. The first-order valence-corrected chi connectivity index (χ1v) is 11.4. The maximum Gasteiger partial charge on any atom is 0.261 e. The molecular weight excluding hydrogens is 408 g/mol. The largest absolute Gasteiger partial charge is 0.496 e. The number of anilines is 1. The summed E-state index contributed by atoms with van der Waals surface area (Å²) in [6.45, 7) is 1.43. The second-order valence-electron chi connectivity index (χ2n) is 7.24. The Bertz CT molecular complexity index is 1050. The van der Waals surface area contributed by atoms with Gasteiger partial charge in [-0.3, -0.25) is 9.52 Å². The third-order valence-electron chi connectivity index (χ3n) is 5.23. The molecule has 0 bridgehead atoms. The highest BCUT2D eigenvalue weighted by Crippen LogP contribution is 2.35.